The Labute approximate surface area is 107 Å². The van der Waals surface area contributed by atoms with Gasteiger partial charge in [-0.25, -0.2) is 4.68 Å². The van der Waals surface area contributed by atoms with Crippen LogP contribution in [0.4, 0.5) is 0 Å². The van der Waals surface area contributed by atoms with Crippen molar-refractivity contribution in [3.05, 3.63) is 41.7 Å². The Balaban J connectivity index is 2.40. The molecule has 0 saturated heterocycles. The first-order valence-electron chi connectivity index (χ1n) is 6.33. The summed E-state index contributed by atoms with van der Waals surface area (Å²) in [6.07, 6.45) is 1.91. The van der Waals surface area contributed by atoms with E-state index in [9.17, 15) is 5.11 Å². The van der Waals surface area contributed by atoms with Crippen LogP contribution in [0.3, 0.4) is 0 Å². The summed E-state index contributed by atoms with van der Waals surface area (Å²) in [7, 11) is 0. The lowest BCUT2D eigenvalue weighted by molar-refractivity contribution is 0.169. The fourth-order valence-electron chi connectivity index (χ4n) is 1.94. The maximum absolute atomic E-state index is 9.75. The number of nitrogens with zero attached hydrogens (tertiary/aromatic N) is 3. The number of para-hydroxylation sites is 1. The second-order valence-electron chi connectivity index (χ2n) is 4.73. The summed E-state index contributed by atoms with van der Waals surface area (Å²) in [4.78, 5) is 0. The predicted molar refractivity (Wildman–Crippen MR) is 70.7 cm³/mol. The fraction of sp³-hybridized carbons (Fsp3) is 0.429. The van der Waals surface area contributed by atoms with Gasteiger partial charge in [0.1, 0.15) is 5.69 Å². The van der Waals surface area contributed by atoms with Gasteiger partial charge in [-0.05, 0) is 24.0 Å². The van der Waals surface area contributed by atoms with Gasteiger partial charge in [0.25, 0.3) is 0 Å². The standard InChI is InChI=1S/C14H19N3O/c1-4-14(18)12-9-17(16-15-12)13-8-6-5-7-11(13)10(2)3/h5-10,14,18H,4H2,1-3H3. The summed E-state index contributed by atoms with van der Waals surface area (Å²) in [6, 6.07) is 8.13. The SMILES string of the molecule is CCC(O)c1cn(-c2ccccc2C(C)C)nn1. The van der Waals surface area contributed by atoms with E-state index in [0.717, 1.165) is 5.69 Å². The molecule has 2 aromatic rings. The summed E-state index contributed by atoms with van der Waals surface area (Å²) in [5, 5.41) is 17.9. The van der Waals surface area contributed by atoms with Crippen LogP contribution in [0.1, 0.15) is 50.5 Å². The molecule has 1 unspecified atom stereocenters. The Bertz CT molecular complexity index is 519. The lowest BCUT2D eigenvalue weighted by Crippen LogP contribution is -2.01. The Morgan fingerprint density at radius 2 is 2.00 bits per heavy atom. The van der Waals surface area contributed by atoms with Crippen LogP contribution < -0.4 is 0 Å². The number of hydrogen-bond acceptors (Lipinski definition) is 3. The minimum atomic E-state index is -0.537. The van der Waals surface area contributed by atoms with Gasteiger partial charge in [0.05, 0.1) is 18.0 Å². The highest BCUT2D eigenvalue weighted by Crippen LogP contribution is 2.23. The van der Waals surface area contributed by atoms with Gasteiger partial charge in [-0.1, -0.05) is 44.2 Å². The Kier molecular flexibility index (Phi) is 3.77. The minimum Gasteiger partial charge on any atom is -0.387 e. The van der Waals surface area contributed by atoms with E-state index >= 15 is 0 Å². The van der Waals surface area contributed by atoms with Gasteiger partial charge in [0.15, 0.2) is 0 Å². The monoisotopic (exact) mass is 245 g/mol. The molecular weight excluding hydrogens is 226 g/mol. The second-order valence-corrected chi connectivity index (χ2v) is 4.73. The average Bonchev–Trinajstić information content (AvgIpc) is 2.87. The third-order valence-electron chi connectivity index (χ3n) is 3.04. The van der Waals surface area contributed by atoms with Crippen LogP contribution in [-0.2, 0) is 0 Å². The molecule has 96 valence electrons. The number of rotatable bonds is 4. The van der Waals surface area contributed by atoms with E-state index in [-0.39, 0.29) is 0 Å². The van der Waals surface area contributed by atoms with Crippen LogP contribution in [0.25, 0.3) is 5.69 Å². The number of benzene rings is 1. The lowest BCUT2D eigenvalue weighted by Gasteiger charge is -2.11. The van der Waals surface area contributed by atoms with Gasteiger partial charge in [-0.2, -0.15) is 0 Å². The number of aliphatic hydroxyl groups excluding tert-OH is 1. The molecule has 4 nitrogen and oxygen atoms in total. The summed E-state index contributed by atoms with van der Waals surface area (Å²) in [5.74, 6) is 0.421. The lowest BCUT2D eigenvalue weighted by atomic mass is 10.0. The van der Waals surface area contributed by atoms with Gasteiger partial charge in [0.2, 0.25) is 0 Å². The van der Waals surface area contributed by atoms with E-state index in [1.165, 1.54) is 5.56 Å². The van der Waals surface area contributed by atoms with Crippen molar-refractivity contribution in [2.75, 3.05) is 0 Å². The van der Waals surface area contributed by atoms with E-state index in [4.69, 9.17) is 0 Å². The Morgan fingerprint density at radius 1 is 1.28 bits per heavy atom. The first-order chi connectivity index (χ1) is 8.63. The van der Waals surface area contributed by atoms with E-state index in [2.05, 4.69) is 30.2 Å². The fourth-order valence-corrected chi connectivity index (χ4v) is 1.94. The molecule has 0 spiro atoms. The molecule has 18 heavy (non-hydrogen) atoms. The van der Waals surface area contributed by atoms with Crippen molar-refractivity contribution >= 4 is 0 Å². The van der Waals surface area contributed by atoms with Gasteiger partial charge < -0.3 is 5.11 Å². The molecule has 2 rings (SSSR count). The van der Waals surface area contributed by atoms with Crippen molar-refractivity contribution in [1.29, 1.82) is 0 Å². The van der Waals surface area contributed by atoms with Crippen molar-refractivity contribution in [1.82, 2.24) is 15.0 Å². The van der Waals surface area contributed by atoms with Crippen LogP contribution in [0.2, 0.25) is 0 Å². The van der Waals surface area contributed by atoms with Crippen molar-refractivity contribution in [3.8, 4) is 5.69 Å². The highest BCUT2D eigenvalue weighted by Gasteiger charge is 2.13. The topological polar surface area (TPSA) is 50.9 Å². The normalized spacial score (nSPS) is 12.9. The highest BCUT2D eigenvalue weighted by atomic mass is 16.3. The molecule has 1 heterocycles. The molecule has 1 atom stereocenters. The van der Waals surface area contributed by atoms with Crippen LogP contribution in [-0.4, -0.2) is 20.1 Å². The summed E-state index contributed by atoms with van der Waals surface area (Å²) >= 11 is 0. The van der Waals surface area contributed by atoms with Crippen LogP contribution in [0, 0.1) is 0 Å². The predicted octanol–water partition coefficient (Wildman–Crippen LogP) is 2.83. The van der Waals surface area contributed by atoms with E-state index in [1.807, 2.05) is 25.1 Å². The smallest absolute Gasteiger partial charge is 0.112 e. The Hall–Kier alpha value is -1.68. The highest BCUT2D eigenvalue weighted by molar-refractivity contribution is 5.42. The number of aromatic nitrogens is 3. The molecule has 0 amide bonds. The van der Waals surface area contributed by atoms with E-state index in [0.29, 0.717) is 18.0 Å². The summed E-state index contributed by atoms with van der Waals surface area (Å²) < 4.78 is 1.74. The molecule has 0 saturated carbocycles. The molecule has 0 aliphatic heterocycles. The molecule has 1 N–H and O–H groups in total. The summed E-state index contributed by atoms with van der Waals surface area (Å²) in [5.41, 5.74) is 2.87. The molecule has 0 aliphatic carbocycles. The zero-order valence-corrected chi connectivity index (χ0v) is 11.0. The van der Waals surface area contributed by atoms with Crippen LogP contribution in [0.5, 0.6) is 0 Å². The van der Waals surface area contributed by atoms with Crippen molar-refractivity contribution in [2.24, 2.45) is 0 Å². The molecule has 0 aliphatic rings. The first kappa shape index (κ1) is 12.8. The maximum atomic E-state index is 9.75. The molecule has 0 radical (unpaired) electrons. The molecule has 0 bridgehead atoms. The first-order valence-corrected chi connectivity index (χ1v) is 6.33. The third kappa shape index (κ3) is 2.43. The third-order valence-corrected chi connectivity index (χ3v) is 3.04. The zero-order chi connectivity index (χ0) is 13.1. The number of hydrogen-bond donors (Lipinski definition) is 1. The van der Waals surface area contributed by atoms with Gasteiger partial charge in [-0.15, -0.1) is 5.10 Å². The Morgan fingerprint density at radius 3 is 2.67 bits per heavy atom. The molecule has 1 aromatic carbocycles. The largest absolute Gasteiger partial charge is 0.387 e. The van der Waals surface area contributed by atoms with Gasteiger partial charge in [0, 0.05) is 0 Å². The molecule has 4 heteroatoms. The second kappa shape index (κ2) is 5.31. The van der Waals surface area contributed by atoms with Crippen molar-refractivity contribution in [2.45, 2.75) is 39.2 Å². The molecule has 1 aromatic heterocycles. The van der Waals surface area contributed by atoms with Crippen molar-refractivity contribution < 1.29 is 5.11 Å². The van der Waals surface area contributed by atoms with Gasteiger partial charge in [-0.3, -0.25) is 0 Å². The van der Waals surface area contributed by atoms with Gasteiger partial charge >= 0.3 is 0 Å². The summed E-state index contributed by atoms with van der Waals surface area (Å²) in [6.45, 7) is 6.22. The minimum absolute atomic E-state index is 0.421. The molecular formula is C14H19N3O. The average molecular weight is 245 g/mol. The maximum Gasteiger partial charge on any atom is 0.112 e. The van der Waals surface area contributed by atoms with Crippen LogP contribution in [0.15, 0.2) is 30.5 Å². The van der Waals surface area contributed by atoms with E-state index < -0.39 is 6.10 Å². The zero-order valence-electron chi connectivity index (χ0n) is 11.0. The van der Waals surface area contributed by atoms with Crippen molar-refractivity contribution in [3.63, 3.8) is 0 Å². The molecule has 0 fully saturated rings. The quantitative estimate of drug-likeness (QED) is 0.901. The van der Waals surface area contributed by atoms with E-state index in [1.54, 1.807) is 10.9 Å². The number of aliphatic hydroxyl groups is 1. The van der Waals surface area contributed by atoms with Crippen LogP contribution >= 0.6 is 0 Å².